The van der Waals surface area contributed by atoms with Gasteiger partial charge in [0, 0.05) is 30.4 Å². The zero-order chi connectivity index (χ0) is 21.5. The smallest absolute Gasteiger partial charge is 0.255 e. The normalized spacial score (nSPS) is 14.4. The minimum absolute atomic E-state index is 0.144. The molecule has 162 valence electrons. The number of benzene rings is 2. The quantitative estimate of drug-likeness (QED) is 0.577. The molecule has 0 atom stereocenters. The van der Waals surface area contributed by atoms with E-state index in [1.54, 1.807) is 6.20 Å². The highest BCUT2D eigenvalue weighted by atomic mass is 16.5. The highest BCUT2D eigenvalue weighted by molar-refractivity contribution is 6.06. The summed E-state index contributed by atoms with van der Waals surface area (Å²) in [6.07, 6.45) is 5.69. The monoisotopic (exact) mass is 418 g/mol. The van der Waals surface area contributed by atoms with Gasteiger partial charge in [-0.15, -0.1) is 0 Å². The van der Waals surface area contributed by atoms with Gasteiger partial charge in [0.2, 0.25) is 0 Å². The number of aromatic nitrogens is 2. The molecular formula is C25H30N4O2. The number of nitrogens with one attached hydrogen (secondary N) is 1. The van der Waals surface area contributed by atoms with Gasteiger partial charge in [0.15, 0.2) is 0 Å². The van der Waals surface area contributed by atoms with Crippen molar-refractivity contribution in [3.05, 3.63) is 66.4 Å². The maximum Gasteiger partial charge on any atom is 0.255 e. The first-order valence-corrected chi connectivity index (χ1v) is 11.1. The topological polar surface area (TPSA) is 59.4 Å². The van der Waals surface area contributed by atoms with Crippen LogP contribution in [0, 0.1) is 0 Å². The lowest BCUT2D eigenvalue weighted by Gasteiger charge is -2.26. The van der Waals surface area contributed by atoms with Gasteiger partial charge < -0.3 is 10.1 Å². The molecule has 6 nitrogen and oxygen atoms in total. The van der Waals surface area contributed by atoms with Crippen molar-refractivity contribution in [2.45, 2.75) is 32.7 Å². The van der Waals surface area contributed by atoms with E-state index in [2.05, 4.69) is 15.3 Å². The molecule has 0 spiro atoms. The van der Waals surface area contributed by atoms with Crippen molar-refractivity contribution in [2.24, 2.45) is 0 Å². The molecule has 1 aliphatic rings. The fourth-order valence-electron chi connectivity index (χ4n) is 4.00. The second kappa shape index (κ2) is 10.3. The van der Waals surface area contributed by atoms with Crippen molar-refractivity contribution in [3.8, 4) is 17.0 Å². The number of ether oxygens (including phenoxy) is 1. The molecule has 1 aromatic heterocycles. The molecule has 0 saturated carbocycles. The molecule has 1 saturated heterocycles. The van der Waals surface area contributed by atoms with Gasteiger partial charge in [-0.25, -0.2) is 0 Å². The van der Waals surface area contributed by atoms with Gasteiger partial charge in [-0.1, -0.05) is 24.6 Å². The molecule has 2 heterocycles. The fraction of sp³-hybridized carbons (Fsp3) is 0.360. The van der Waals surface area contributed by atoms with E-state index in [4.69, 9.17) is 4.74 Å². The van der Waals surface area contributed by atoms with Crippen LogP contribution < -0.4 is 10.1 Å². The van der Waals surface area contributed by atoms with E-state index in [0.717, 1.165) is 35.8 Å². The van der Waals surface area contributed by atoms with E-state index in [9.17, 15) is 4.79 Å². The summed E-state index contributed by atoms with van der Waals surface area (Å²) in [6.45, 7) is 6.78. The molecular weight excluding hydrogens is 388 g/mol. The summed E-state index contributed by atoms with van der Waals surface area (Å²) in [4.78, 5) is 15.3. The predicted molar refractivity (Wildman–Crippen MR) is 124 cm³/mol. The summed E-state index contributed by atoms with van der Waals surface area (Å²) in [5, 5.41) is 7.38. The van der Waals surface area contributed by atoms with Crippen LogP contribution in [0.4, 0.5) is 5.69 Å². The number of anilines is 1. The molecule has 1 aliphatic heterocycles. The number of aryl methyl sites for hydroxylation is 1. The van der Waals surface area contributed by atoms with Gasteiger partial charge >= 0.3 is 0 Å². The lowest BCUT2D eigenvalue weighted by molar-refractivity contribution is 0.102. The number of piperidine rings is 1. The van der Waals surface area contributed by atoms with Crippen molar-refractivity contribution in [3.63, 3.8) is 0 Å². The van der Waals surface area contributed by atoms with Crippen LogP contribution in [0.5, 0.6) is 5.75 Å². The average molecular weight is 419 g/mol. The lowest BCUT2D eigenvalue weighted by atomic mass is 10.1. The molecule has 0 aliphatic carbocycles. The van der Waals surface area contributed by atoms with Crippen molar-refractivity contribution in [2.75, 3.05) is 31.6 Å². The number of para-hydroxylation sites is 1. The SMILES string of the molecule is CCn1nccc1-c1ccccc1NC(=O)c1ccc(OCCN2CCCCC2)cc1. The van der Waals surface area contributed by atoms with Gasteiger partial charge in [0.05, 0.1) is 11.4 Å². The fourth-order valence-corrected chi connectivity index (χ4v) is 4.00. The summed E-state index contributed by atoms with van der Waals surface area (Å²) < 4.78 is 7.79. The van der Waals surface area contributed by atoms with Crippen LogP contribution in [0.2, 0.25) is 0 Å². The maximum atomic E-state index is 12.8. The molecule has 0 unspecified atom stereocenters. The maximum absolute atomic E-state index is 12.8. The Labute approximate surface area is 183 Å². The predicted octanol–water partition coefficient (Wildman–Crippen LogP) is 4.69. The van der Waals surface area contributed by atoms with Gasteiger partial charge in [-0.05, 0) is 69.3 Å². The van der Waals surface area contributed by atoms with Crippen LogP contribution in [0.1, 0.15) is 36.5 Å². The van der Waals surface area contributed by atoms with Crippen molar-refractivity contribution < 1.29 is 9.53 Å². The van der Waals surface area contributed by atoms with Crippen LogP contribution >= 0.6 is 0 Å². The summed E-state index contributed by atoms with van der Waals surface area (Å²) in [5.74, 6) is 0.649. The Morgan fingerprint density at radius 1 is 1.03 bits per heavy atom. The molecule has 0 bridgehead atoms. The van der Waals surface area contributed by atoms with Crippen LogP contribution in [-0.4, -0.2) is 46.8 Å². The molecule has 6 heteroatoms. The first kappa shape index (κ1) is 21.1. The standard InChI is InChI=1S/C25H30N4O2/c1-2-29-24(14-15-26-29)22-8-4-5-9-23(22)27-25(30)20-10-12-21(13-11-20)31-19-18-28-16-6-3-7-17-28/h4-5,8-15H,2-3,6-7,16-19H2,1H3,(H,27,30). The van der Waals surface area contributed by atoms with E-state index in [1.807, 2.05) is 66.2 Å². The molecule has 1 fully saturated rings. The number of carbonyl (C=O) groups excluding carboxylic acids is 1. The number of amides is 1. The Hall–Kier alpha value is -3.12. The number of nitrogens with zero attached hydrogens (tertiary/aromatic N) is 3. The Morgan fingerprint density at radius 2 is 1.81 bits per heavy atom. The summed E-state index contributed by atoms with van der Waals surface area (Å²) in [5.41, 5.74) is 3.30. The van der Waals surface area contributed by atoms with E-state index >= 15 is 0 Å². The van der Waals surface area contributed by atoms with Gasteiger partial charge in [0.1, 0.15) is 12.4 Å². The molecule has 1 N–H and O–H groups in total. The van der Waals surface area contributed by atoms with Gasteiger partial charge in [-0.2, -0.15) is 5.10 Å². The van der Waals surface area contributed by atoms with E-state index in [0.29, 0.717) is 12.2 Å². The van der Waals surface area contributed by atoms with Gasteiger partial charge in [0.25, 0.3) is 5.91 Å². The second-order valence-corrected chi connectivity index (χ2v) is 7.81. The third-order valence-electron chi connectivity index (χ3n) is 5.71. The van der Waals surface area contributed by atoms with Crippen molar-refractivity contribution >= 4 is 11.6 Å². The van der Waals surface area contributed by atoms with Crippen LogP contribution in [-0.2, 0) is 6.54 Å². The lowest BCUT2D eigenvalue weighted by Crippen LogP contribution is -2.33. The molecule has 3 aromatic rings. The minimum Gasteiger partial charge on any atom is -0.492 e. The number of carbonyl (C=O) groups is 1. The number of hydrogen-bond acceptors (Lipinski definition) is 4. The van der Waals surface area contributed by atoms with Crippen molar-refractivity contribution in [1.29, 1.82) is 0 Å². The Balaban J connectivity index is 1.37. The number of likely N-dealkylation sites (tertiary alicyclic amines) is 1. The van der Waals surface area contributed by atoms with E-state index in [1.165, 1.54) is 32.4 Å². The highest BCUT2D eigenvalue weighted by Crippen LogP contribution is 2.28. The van der Waals surface area contributed by atoms with Crippen LogP contribution in [0.3, 0.4) is 0 Å². The third-order valence-corrected chi connectivity index (χ3v) is 5.71. The number of hydrogen-bond donors (Lipinski definition) is 1. The minimum atomic E-state index is -0.144. The average Bonchev–Trinajstić information content (AvgIpc) is 3.29. The Bertz CT molecular complexity index is 991. The van der Waals surface area contributed by atoms with E-state index < -0.39 is 0 Å². The van der Waals surface area contributed by atoms with Gasteiger partial charge in [-0.3, -0.25) is 14.4 Å². The Morgan fingerprint density at radius 3 is 2.58 bits per heavy atom. The first-order chi connectivity index (χ1) is 15.2. The number of rotatable bonds is 8. The van der Waals surface area contributed by atoms with E-state index in [-0.39, 0.29) is 5.91 Å². The van der Waals surface area contributed by atoms with Crippen LogP contribution in [0.15, 0.2) is 60.8 Å². The highest BCUT2D eigenvalue weighted by Gasteiger charge is 2.13. The molecule has 31 heavy (non-hydrogen) atoms. The molecule has 4 rings (SSSR count). The summed E-state index contributed by atoms with van der Waals surface area (Å²) in [6, 6.07) is 17.1. The first-order valence-electron chi connectivity index (χ1n) is 11.1. The second-order valence-electron chi connectivity index (χ2n) is 7.81. The van der Waals surface area contributed by atoms with Crippen molar-refractivity contribution in [1.82, 2.24) is 14.7 Å². The molecule has 0 radical (unpaired) electrons. The zero-order valence-electron chi connectivity index (χ0n) is 18.1. The van der Waals surface area contributed by atoms with Crippen LogP contribution in [0.25, 0.3) is 11.3 Å². The summed E-state index contributed by atoms with van der Waals surface area (Å²) in [7, 11) is 0. The third kappa shape index (κ3) is 5.33. The summed E-state index contributed by atoms with van der Waals surface area (Å²) >= 11 is 0. The largest absolute Gasteiger partial charge is 0.492 e. The molecule has 2 aromatic carbocycles. The Kier molecular flexibility index (Phi) is 6.99. The zero-order valence-corrected chi connectivity index (χ0v) is 18.1. The molecule has 1 amide bonds.